The summed E-state index contributed by atoms with van der Waals surface area (Å²) in [6.07, 6.45) is 5.60. The van der Waals surface area contributed by atoms with Crippen LogP contribution in [0.2, 0.25) is 0 Å². The van der Waals surface area contributed by atoms with Gasteiger partial charge in [-0.25, -0.2) is 4.98 Å². The molecule has 1 fully saturated rings. The van der Waals surface area contributed by atoms with Gasteiger partial charge in [0.2, 0.25) is 0 Å². The first-order valence-electron chi connectivity index (χ1n) is 10.9. The maximum absolute atomic E-state index is 12.4. The molecule has 2 aromatic heterocycles. The van der Waals surface area contributed by atoms with Crippen LogP contribution in [0.25, 0.3) is 11.0 Å². The van der Waals surface area contributed by atoms with Crippen LogP contribution < -0.4 is 15.6 Å². The summed E-state index contributed by atoms with van der Waals surface area (Å²) in [5.74, 6) is 0.736. The second-order valence-electron chi connectivity index (χ2n) is 8.35. The summed E-state index contributed by atoms with van der Waals surface area (Å²) >= 11 is 0. The lowest BCUT2D eigenvalue weighted by Gasteiger charge is -2.32. The summed E-state index contributed by atoms with van der Waals surface area (Å²) in [7, 11) is 1.63. The van der Waals surface area contributed by atoms with Gasteiger partial charge in [0.25, 0.3) is 5.56 Å². The van der Waals surface area contributed by atoms with Crippen molar-refractivity contribution in [2.24, 2.45) is 0 Å². The number of rotatable bonds is 7. The van der Waals surface area contributed by atoms with Crippen molar-refractivity contribution in [2.75, 3.05) is 26.7 Å². The third kappa shape index (κ3) is 5.11. The smallest absolute Gasteiger partial charge is 0.269 e. The molecule has 1 aliphatic rings. The van der Waals surface area contributed by atoms with Crippen molar-refractivity contribution in [3.8, 4) is 5.75 Å². The Kier molecular flexibility index (Phi) is 6.63. The highest BCUT2D eigenvalue weighted by atomic mass is 16.5. The number of aromatic nitrogens is 3. The number of nitrogens with zero attached hydrogens (tertiary/aromatic N) is 4. The van der Waals surface area contributed by atoms with Crippen LogP contribution >= 0.6 is 0 Å². The molecular formula is C24H31N5O2. The fraction of sp³-hybridized carbons (Fsp3) is 0.458. The summed E-state index contributed by atoms with van der Waals surface area (Å²) < 4.78 is 7.13. The number of pyridine rings is 1. The zero-order valence-corrected chi connectivity index (χ0v) is 18.6. The van der Waals surface area contributed by atoms with E-state index in [1.165, 1.54) is 17.3 Å². The molecular weight excluding hydrogens is 390 g/mol. The number of aryl methyl sites for hydroxylation is 2. The first kappa shape index (κ1) is 21.5. The lowest BCUT2D eigenvalue weighted by Crippen LogP contribution is -2.43. The topological polar surface area (TPSA) is 72.3 Å². The fourth-order valence-corrected chi connectivity index (χ4v) is 4.16. The van der Waals surface area contributed by atoms with Crippen molar-refractivity contribution in [1.29, 1.82) is 0 Å². The Balaban J connectivity index is 1.31. The lowest BCUT2D eigenvalue weighted by atomic mass is 10.0. The molecule has 3 aromatic rings. The molecule has 0 aliphatic carbocycles. The number of fused-ring (bicyclic) bond motifs is 1. The Morgan fingerprint density at radius 2 is 1.90 bits per heavy atom. The van der Waals surface area contributed by atoms with Crippen molar-refractivity contribution in [3.63, 3.8) is 0 Å². The molecule has 0 radical (unpaired) electrons. The van der Waals surface area contributed by atoms with Gasteiger partial charge in [0.1, 0.15) is 5.75 Å². The van der Waals surface area contributed by atoms with Crippen molar-refractivity contribution in [1.82, 2.24) is 24.8 Å². The summed E-state index contributed by atoms with van der Waals surface area (Å²) in [6, 6.07) is 8.40. The van der Waals surface area contributed by atoms with Gasteiger partial charge < -0.3 is 19.5 Å². The first-order valence-corrected chi connectivity index (χ1v) is 10.9. The van der Waals surface area contributed by atoms with Gasteiger partial charge in [-0.2, -0.15) is 0 Å². The SMILES string of the molecule is COc1ccc2ncc(=O)n(CCN3CCC(NCc4cnc(C)c(C)c4)CC3)c2c1. The quantitative estimate of drug-likeness (QED) is 0.632. The molecule has 0 spiro atoms. The van der Waals surface area contributed by atoms with Crippen molar-refractivity contribution in [3.05, 3.63) is 63.8 Å². The molecule has 1 N–H and O–H groups in total. The molecule has 3 heterocycles. The van der Waals surface area contributed by atoms with Crippen LogP contribution in [0.3, 0.4) is 0 Å². The van der Waals surface area contributed by atoms with Crippen LogP contribution in [-0.4, -0.2) is 52.2 Å². The number of benzene rings is 1. The van der Waals surface area contributed by atoms with Gasteiger partial charge >= 0.3 is 0 Å². The number of piperidine rings is 1. The Hall–Kier alpha value is -2.77. The third-order valence-electron chi connectivity index (χ3n) is 6.27. The van der Waals surface area contributed by atoms with Crippen LogP contribution in [0.15, 0.2) is 41.5 Å². The van der Waals surface area contributed by atoms with E-state index < -0.39 is 0 Å². The monoisotopic (exact) mass is 421 g/mol. The van der Waals surface area contributed by atoms with E-state index in [9.17, 15) is 4.79 Å². The van der Waals surface area contributed by atoms with Gasteiger partial charge in [-0.1, -0.05) is 6.07 Å². The minimum atomic E-state index is -0.0701. The second kappa shape index (κ2) is 9.58. The molecule has 164 valence electrons. The number of likely N-dealkylation sites (tertiary alicyclic amines) is 1. The Morgan fingerprint density at radius 1 is 1.10 bits per heavy atom. The van der Waals surface area contributed by atoms with Crippen LogP contribution in [0, 0.1) is 13.8 Å². The number of hydrogen-bond acceptors (Lipinski definition) is 6. The van der Waals surface area contributed by atoms with E-state index in [1.54, 1.807) is 7.11 Å². The van der Waals surface area contributed by atoms with Gasteiger partial charge in [-0.3, -0.25) is 9.78 Å². The number of ether oxygens (including phenoxy) is 1. The number of hydrogen-bond donors (Lipinski definition) is 1. The van der Waals surface area contributed by atoms with Crippen LogP contribution in [0.1, 0.15) is 29.7 Å². The van der Waals surface area contributed by atoms with Crippen LogP contribution in [0.5, 0.6) is 5.75 Å². The largest absolute Gasteiger partial charge is 0.497 e. The molecule has 1 aromatic carbocycles. The van der Waals surface area contributed by atoms with E-state index in [-0.39, 0.29) is 5.56 Å². The highest BCUT2D eigenvalue weighted by Crippen LogP contribution is 2.18. The third-order valence-corrected chi connectivity index (χ3v) is 6.27. The first-order chi connectivity index (χ1) is 15.0. The molecule has 1 saturated heterocycles. The molecule has 31 heavy (non-hydrogen) atoms. The van der Waals surface area contributed by atoms with Gasteiger partial charge in [0, 0.05) is 43.6 Å². The summed E-state index contributed by atoms with van der Waals surface area (Å²) in [4.78, 5) is 23.6. The van der Waals surface area contributed by atoms with Gasteiger partial charge in [0.05, 0.1) is 24.3 Å². The molecule has 0 bridgehead atoms. The van der Waals surface area contributed by atoms with E-state index in [2.05, 4.69) is 33.2 Å². The summed E-state index contributed by atoms with van der Waals surface area (Å²) in [6.45, 7) is 8.58. The van der Waals surface area contributed by atoms with Crippen molar-refractivity contribution >= 4 is 11.0 Å². The summed E-state index contributed by atoms with van der Waals surface area (Å²) in [5, 5.41) is 3.68. The molecule has 7 heteroatoms. The maximum Gasteiger partial charge on any atom is 0.269 e. The highest BCUT2D eigenvalue weighted by Gasteiger charge is 2.19. The van der Waals surface area contributed by atoms with E-state index in [1.807, 2.05) is 35.9 Å². The van der Waals surface area contributed by atoms with Crippen LogP contribution in [-0.2, 0) is 13.1 Å². The van der Waals surface area contributed by atoms with Crippen molar-refractivity contribution < 1.29 is 4.74 Å². The Labute approximate surface area is 183 Å². The van der Waals surface area contributed by atoms with E-state index >= 15 is 0 Å². The molecule has 0 saturated carbocycles. The Bertz CT molecular complexity index is 1100. The molecule has 0 amide bonds. The average molecular weight is 422 g/mol. The highest BCUT2D eigenvalue weighted by molar-refractivity contribution is 5.76. The maximum atomic E-state index is 12.4. The van der Waals surface area contributed by atoms with E-state index in [0.29, 0.717) is 12.6 Å². The molecule has 0 atom stereocenters. The molecule has 7 nitrogen and oxygen atoms in total. The zero-order valence-electron chi connectivity index (χ0n) is 18.6. The van der Waals surface area contributed by atoms with E-state index in [4.69, 9.17) is 4.74 Å². The zero-order chi connectivity index (χ0) is 21.8. The minimum absolute atomic E-state index is 0.0701. The van der Waals surface area contributed by atoms with Gasteiger partial charge in [-0.15, -0.1) is 0 Å². The standard InChI is InChI=1S/C24H31N5O2/c1-17-12-19(14-25-18(17)2)15-26-20-6-8-28(9-7-20)10-11-29-23-13-21(31-3)4-5-22(23)27-16-24(29)30/h4-5,12-14,16,20,26H,6-11,15H2,1-3H3. The predicted octanol–water partition coefficient (Wildman–Crippen LogP) is 2.67. The molecule has 1 aliphatic heterocycles. The van der Waals surface area contributed by atoms with Gasteiger partial charge in [-0.05, 0) is 63.0 Å². The normalized spacial score (nSPS) is 15.5. The number of nitrogens with one attached hydrogen (secondary N) is 1. The van der Waals surface area contributed by atoms with Gasteiger partial charge in [0.15, 0.2) is 0 Å². The lowest BCUT2D eigenvalue weighted by molar-refractivity contribution is 0.191. The second-order valence-corrected chi connectivity index (χ2v) is 8.35. The average Bonchev–Trinajstić information content (AvgIpc) is 2.79. The predicted molar refractivity (Wildman–Crippen MR) is 123 cm³/mol. The van der Waals surface area contributed by atoms with E-state index in [0.717, 1.165) is 61.5 Å². The number of methoxy groups -OCH3 is 1. The van der Waals surface area contributed by atoms with Crippen LogP contribution in [0.4, 0.5) is 0 Å². The molecule has 4 rings (SSSR count). The summed E-state index contributed by atoms with van der Waals surface area (Å²) in [5.41, 5.74) is 5.14. The Morgan fingerprint density at radius 3 is 2.65 bits per heavy atom. The minimum Gasteiger partial charge on any atom is -0.497 e. The van der Waals surface area contributed by atoms with Crippen molar-refractivity contribution in [2.45, 2.75) is 45.8 Å². The molecule has 0 unspecified atom stereocenters. The fourth-order valence-electron chi connectivity index (χ4n) is 4.16.